The minimum atomic E-state index is -0.0512. The molecule has 1 N–H and O–H groups in total. The van der Waals surface area contributed by atoms with Crippen molar-refractivity contribution in [1.29, 1.82) is 0 Å². The molecule has 1 aliphatic carbocycles. The van der Waals surface area contributed by atoms with Crippen LogP contribution in [-0.2, 0) is 4.79 Å². The second kappa shape index (κ2) is 8.38. The van der Waals surface area contributed by atoms with Gasteiger partial charge in [0.05, 0.1) is 6.04 Å². The van der Waals surface area contributed by atoms with Crippen LogP contribution in [-0.4, -0.2) is 51.1 Å². The summed E-state index contributed by atoms with van der Waals surface area (Å²) < 4.78 is 2.10. The van der Waals surface area contributed by atoms with E-state index in [1.54, 1.807) is 0 Å². The van der Waals surface area contributed by atoms with Gasteiger partial charge < -0.3 is 5.32 Å². The molecule has 6 heteroatoms. The van der Waals surface area contributed by atoms with Crippen molar-refractivity contribution in [1.82, 2.24) is 24.8 Å². The molecule has 0 radical (unpaired) electrons. The average molecular weight is 370 g/mol. The summed E-state index contributed by atoms with van der Waals surface area (Å²) in [6.07, 6.45) is 10.6. The zero-order valence-corrected chi connectivity index (χ0v) is 16.3. The number of pyridine rings is 1. The first kappa shape index (κ1) is 18.4. The third-order valence-electron chi connectivity index (χ3n) is 6.45. The van der Waals surface area contributed by atoms with E-state index in [-0.39, 0.29) is 11.9 Å². The first-order valence-corrected chi connectivity index (χ1v) is 10.5. The number of amides is 1. The van der Waals surface area contributed by atoms with E-state index in [0.29, 0.717) is 11.8 Å². The van der Waals surface area contributed by atoms with E-state index >= 15 is 0 Å². The van der Waals surface area contributed by atoms with Gasteiger partial charge in [-0.05, 0) is 63.7 Å². The lowest BCUT2D eigenvalue weighted by Gasteiger charge is -2.35. The molecular weight excluding hydrogens is 338 g/mol. The highest BCUT2D eigenvalue weighted by Gasteiger charge is 2.29. The molecule has 0 bridgehead atoms. The van der Waals surface area contributed by atoms with Crippen LogP contribution in [0.15, 0.2) is 24.4 Å². The molecule has 1 unspecified atom stereocenters. The summed E-state index contributed by atoms with van der Waals surface area (Å²) in [6.45, 7) is 4.77. The number of nitrogens with one attached hydrogen (secondary N) is 1. The number of carbonyl (C=O) groups excluding carboxylic acids is 1. The van der Waals surface area contributed by atoms with Crippen molar-refractivity contribution in [2.24, 2.45) is 5.92 Å². The number of aromatic nitrogens is 3. The van der Waals surface area contributed by atoms with Gasteiger partial charge in [-0.3, -0.25) is 14.1 Å². The fourth-order valence-corrected chi connectivity index (χ4v) is 4.63. The Bertz CT molecular complexity index is 759. The van der Waals surface area contributed by atoms with Crippen molar-refractivity contribution >= 4 is 11.6 Å². The van der Waals surface area contributed by atoms with E-state index in [9.17, 15) is 4.79 Å². The summed E-state index contributed by atoms with van der Waals surface area (Å²) >= 11 is 0. The highest BCUT2D eigenvalue weighted by Crippen LogP contribution is 2.28. The van der Waals surface area contributed by atoms with Gasteiger partial charge in [0, 0.05) is 18.7 Å². The standard InChI is InChI=1S/C21H31N5O/c1-16(21(27)22-15-17-7-3-2-4-8-17)25-13-10-18(11-14-25)20-24-23-19-9-5-6-12-26(19)20/h5-6,9,12,16-18H,2-4,7-8,10-11,13-15H2,1H3,(H,22,27). The molecular formula is C21H31N5O. The number of fused-ring (bicyclic) bond motifs is 1. The molecule has 0 spiro atoms. The molecule has 1 aliphatic heterocycles. The van der Waals surface area contributed by atoms with Gasteiger partial charge in [0.1, 0.15) is 5.82 Å². The molecule has 2 fully saturated rings. The Morgan fingerprint density at radius 3 is 2.70 bits per heavy atom. The Morgan fingerprint density at radius 1 is 1.15 bits per heavy atom. The fraction of sp³-hybridized carbons (Fsp3) is 0.667. The molecule has 27 heavy (non-hydrogen) atoms. The molecule has 6 nitrogen and oxygen atoms in total. The van der Waals surface area contributed by atoms with Crippen LogP contribution in [0.2, 0.25) is 0 Å². The first-order chi connectivity index (χ1) is 13.2. The summed E-state index contributed by atoms with van der Waals surface area (Å²) in [7, 11) is 0. The van der Waals surface area contributed by atoms with Gasteiger partial charge in [0.25, 0.3) is 0 Å². The lowest BCUT2D eigenvalue weighted by atomic mass is 9.89. The number of hydrogen-bond donors (Lipinski definition) is 1. The Labute approximate surface area is 161 Å². The smallest absolute Gasteiger partial charge is 0.237 e. The lowest BCUT2D eigenvalue weighted by Crippen LogP contribution is -2.49. The second-order valence-electron chi connectivity index (χ2n) is 8.22. The highest BCUT2D eigenvalue weighted by atomic mass is 16.2. The molecule has 4 rings (SSSR count). The predicted octanol–water partition coefficient (Wildman–Crippen LogP) is 2.99. The number of carbonyl (C=O) groups is 1. The van der Waals surface area contributed by atoms with E-state index in [1.807, 2.05) is 31.3 Å². The molecule has 146 valence electrons. The van der Waals surface area contributed by atoms with Crippen molar-refractivity contribution in [3.63, 3.8) is 0 Å². The summed E-state index contributed by atoms with van der Waals surface area (Å²) in [4.78, 5) is 14.9. The maximum absolute atomic E-state index is 12.6. The van der Waals surface area contributed by atoms with E-state index < -0.39 is 0 Å². The molecule has 1 atom stereocenters. The van der Waals surface area contributed by atoms with Crippen LogP contribution in [0.4, 0.5) is 0 Å². The number of hydrogen-bond acceptors (Lipinski definition) is 4. The minimum absolute atomic E-state index is 0.0512. The molecule has 2 aliphatic rings. The highest BCUT2D eigenvalue weighted by molar-refractivity contribution is 5.81. The van der Waals surface area contributed by atoms with E-state index in [0.717, 1.165) is 43.9 Å². The van der Waals surface area contributed by atoms with Crippen molar-refractivity contribution in [3.05, 3.63) is 30.2 Å². The summed E-state index contributed by atoms with van der Waals surface area (Å²) in [5.41, 5.74) is 0.908. The van der Waals surface area contributed by atoms with Crippen molar-refractivity contribution in [2.45, 2.75) is 63.8 Å². The van der Waals surface area contributed by atoms with E-state index in [1.165, 1.54) is 32.1 Å². The Hall–Kier alpha value is -1.95. The quantitative estimate of drug-likeness (QED) is 0.880. The second-order valence-corrected chi connectivity index (χ2v) is 8.22. The largest absolute Gasteiger partial charge is 0.354 e. The molecule has 0 aromatic carbocycles. The van der Waals surface area contributed by atoms with Crippen molar-refractivity contribution in [3.8, 4) is 0 Å². The first-order valence-electron chi connectivity index (χ1n) is 10.5. The average Bonchev–Trinajstić information content (AvgIpc) is 3.16. The van der Waals surface area contributed by atoms with Crippen molar-refractivity contribution in [2.75, 3.05) is 19.6 Å². The lowest BCUT2D eigenvalue weighted by molar-refractivity contribution is -0.126. The van der Waals surface area contributed by atoms with Crippen LogP contribution >= 0.6 is 0 Å². The maximum atomic E-state index is 12.6. The normalized spacial score (nSPS) is 21.4. The molecule has 3 heterocycles. The minimum Gasteiger partial charge on any atom is -0.354 e. The molecule has 1 amide bonds. The van der Waals surface area contributed by atoms with E-state index in [4.69, 9.17) is 0 Å². The van der Waals surface area contributed by atoms with Crippen LogP contribution in [0.3, 0.4) is 0 Å². The number of nitrogens with zero attached hydrogens (tertiary/aromatic N) is 4. The van der Waals surface area contributed by atoms with Gasteiger partial charge in [-0.25, -0.2) is 0 Å². The van der Waals surface area contributed by atoms with Gasteiger partial charge in [0.15, 0.2) is 5.65 Å². The molecule has 2 aromatic heterocycles. The predicted molar refractivity (Wildman–Crippen MR) is 106 cm³/mol. The van der Waals surface area contributed by atoms with Crippen LogP contribution in [0.5, 0.6) is 0 Å². The zero-order chi connectivity index (χ0) is 18.6. The van der Waals surface area contributed by atoms with Gasteiger partial charge in [0.2, 0.25) is 5.91 Å². The van der Waals surface area contributed by atoms with Crippen LogP contribution in [0.1, 0.15) is 63.6 Å². The molecule has 1 saturated carbocycles. The summed E-state index contributed by atoms with van der Waals surface area (Å²) in [5.74, 6) is 2.34. The van der Waals surface area contributed by atoms with Gasteiger partial charge in [-0.2, -0.15) is 0 Å². The number of piperidine rings is 1. The summed E-state index contributed by atoms with van der Waals surface area (Å²) in [5, 5.41) is 11.9. The zero-order valence-electron chi connectivity index (χ0n) is 16.3. The van der Waals surface area contributed by atoms with Crippen LogP contribution in [0, 0.1) is 5.92 Å². The third-order valence-corrected chi connectivity index (χ3v) is 6.45. The monoisotopic (exact) mass is 369 g/mol. The maximum Gasteiger partial charge on any atom is 0.237 e. The Kier molecular flexibility index (Phi) is 5.72. The van der Waals surface area contributed by atoms with Crippen LogP contribution in [0.25, 0.3) is 5.65 Å². The SMILES string of the molecule is CC(C(=O)NCC1CCCCC1)N1CCC(c2nnc3ccccn23)CC1. The Morgan fingerprint density at radius 2 is 1.93 bits per heavy atom. The molecule has 1 saturated heterocycles. The third kappa shape index (κ3) is 4.15. The van der Waals surface area contributed by atoms with Crippen molar-refractivity contribution < 1.29 is 4.79 Å². The number of likely N-dealkylation sites (tertiary alicyclic amines) is 1. The Balaban J connectivity index is 1.28. The summed E-state index contributed by atoms with van der Waals surface area (Å²) in [6, 6.07) is 5.95. The van der Waals surface area contributed by atoms with Gasteiger partial charge in [-0.1, -0.05) is 25.3 Å². The number of rotatable bonds is 5. The van der Waals surface area contributed by atoms with Crippen LogP contribution < -0.4 is 5.32 Å². The van der Waals surface area contributed by atoms with Gasteiger partial charge in [-0.15, -0.1) is 10.2 Å². The fourth-order valence-electron chi connectivity index (χ4n) is 4.63. The van der Waals surface area contributed by atoms with Gasteiger partial charge >= 0.3 is 0 Å². The molecule has 2 aromatic rings. The topological polar surface area (TPSA) is 62.5 Å². The van der Waals surface area contributed by atoms with E-state index in [2.05, 4.69) is 24.8 Å².